The van der Waals surface area contributed by atoms with Gasteiger partial charge in [-0.2, -0.15) is 21.0 Å². The molecule has 0 saturated carbocycles. The van der Waals surface area contributed by atoms with Crippen molar-refractivity contribution in [3.8, 4) is 24.3 Å². The van der Waals surface area contributed by atoms with Crippen molar-refractivity contribution < 1.29 is 9.59 Å². The van der Waals surface area contributed by atoms with Crippen LogP contribution in [0.5, 0.6) is 0 Å². The lowest BCUT2D eigenvalue weighted by atomic mass is 9.95. The Bertz CT molecular complexity index is 1010. The summed E-state index contributed by atoms with van der Waals surface area (Å²) in [4.78, 5) is 26.9. The molecule has 0 atom stereocenters. The minimum Gasteiger partial charge on any atom is -0.349 e. The second-order valence-corrected chi connectivity index (χ2v) is 6.94. The van der Waals surface area contributed by atoms with Gasteiger partial charge in [-0.1, -0.05) is 0 Å². The molecule has 0 aromatic heterocycles. The quantitative estimate of drug-likeness (QED) is 0.663. The summed E-state index contributed by atoms with van der Waals surface area (Å²) in [6.45, 7) is 0. The fourth-order valence-corrected chi connectivity index (χ4v) is 2.79. The fraction of sp³-hybridized carbons (Fsp3) is 0.364. The molecule has 1 aromatic rings. The molecule has 1 aromatic carbocycles. The second-order valence-electron chi connectivity index (χ2n) is 6.94. The van der Waals surface area contributed by atoms with E-state index >= 15 is 0 Å². The largest absolute Gasteiger partial charge is 0.349 e. The highest BCUT2D eigenvalue weighted by molar-refractivity contribution is 5.78. The number of rotatable bonds is 6. The van der Waals surface area contributed by atoms with E-state index in [4.69, 9.17) is 0 Å². The van der Waals surface area contributed by atoms with Gasteiger partial charge in [-0.15, -0.1) is 0 Å². The fourth-order valence-electron chi connectivity index (χ4n) is 2.79. The minimum absolute atomic E-state index is 0.135. The van der Waals surface area contributed by atoms with E-state index in [0.717, 1.165) is 0 Å². The van der Waals surface area contributed by atoms with Crippen molar-refractivity contribution in [1.82, 2.24) is 9.80 Å². The number of nitriles is 4. The molecule has 0 heterocycles. The number of carbonyl (C=O) groups excluding carboxylic acids is 2. The molecule has 30 heavy (non-hydrogen) atoms. The van der Waals surface area contributed by atoms with Crippen LogP contribution in [0.3, 0.4) is 0 Å². The molecule has 8 nitrogen and oxygen atoms in total. The molecule has 0 unspecified atom stereocenters. The molecule has 1 rings (SSSR count). The Labute approximate surface area is 175 Å². The Balaban J connectivity index is 3.78. The van der Waals surface area contributed by atoms with Gasteiger partial charge in [-0.05, 0) is 36.1 Å². The van der Waals surface area contributed by atoms with Crippen LogP contribution in [0.25, 0.3) is 11.1 Å². The van der Waals surface area contributed by atoms with E-state index in [9.17, 15) is 30.6 Å². The molecule has 2 amide bonds. The zero-order valence-electron chi connectivity index (χ0n) is 17.5. The predicted octanol–water partition coefficient (Wildman–Crippen LogP) is 0.124. The highest BCUT2D eigenvalue weighted by Crippen LogP contribution is 2.06. The predicted molar refractivity (Wildman–Crippen MR) is 109 cm³/mol. The van der Waals surface area contributed by atoms with Crippen molar-refractivity contribution in [2.75, 3.05) is 28.2 Å². The SMILES string of the molecule is CN(C)C(=O)CCc1cc(=C(C#N)C#N)c(CCC(=O)N(C)C)cc1=C(C#N)C#N. The third kappa shape index (κ3) is 5.93. The normalized spacial score (nSPS) is 9.33. The molecule has 0 bridgehead atoms. The van der Waals surface area contributed by atoms with Gasteiger partial charge in [0.2, 0.25) is 11.8 Å². The highest BCUT2D eigenvalue weighted by atomic mass is 16.2. The summed E-state index contributed by atoms with van der Waals surface area (Å²) in [6, 6.07) is 10.6. The van der Waals surface area contributed by atoms with E-state index in [1.54, 1.807) is 40.3 Å². The van der Waals surface area contributed by atoms with Crippen LogP contribution < -0.4 is 10.4 Å². The van der Waals surface area contributed by atoms with E-state index in [1.165, 1.54) is 9.80 Å². The first kappa shape index (κ1) is 23.9. The third-order valence-electron chi connectivity index (χ3n) is 4.53. The van der Waals surface area contributed by atoms with Gasteiger partial charge in [0.1, 0.15) is 35.4 Å². The number of amides is 2. The summed E-state index contributed by atoms with van der Waals surface area (Å²) >= 11 is 0. The van der Waals surface area contributed by atoms with Crippen LogP contribution in [0.2, 0.25) is 0 Å². The van der Waals surface area contributed by atoms with Crippen LogP contribution in [0.15, 0.2) is 12.1 Å². The van der Waals surface area contributed by atoms with Crippen molar-refractivity contribution >= 4 is 23.0 Å². The van der Waals surface area contributed by atoms with Crippen molar-refractivity contribution in [3.05, 3.63) is 33.7 Å². The van der Waals surface area contributed by atoms with Gasteiger partial charge in [-0.3, -0.25) is 9.59 Å². The van der Waals surface area contributed by atoms with Crippen LogP contribution in [-0.2, 0) is 22.4 Å². The van der Waals surface area contributed by atoms with E-state index in [1.807, 2.05) is 24.3 Å². The number of aryl methyl sites for hydroxylation is 2. The van der Waals surface area contributed by atoms with Crippen molar-refractivity contribution in [1.29, 1.82) is 21.0 Å². The van der Waals surface area contributed by atoms with Gasteiger partial charge in [0, 0.05) is 51.5 Å². The maximum absolute atomic E-state index is 12.0. The first-order valence-electron chi connectivity index (χ1n) is 9.11. The number of carbonyl (C=O) groups is 2. The highest BCUT2D eigenvalue weighted by Gasteiger charge is 2.13. The molecule has 0 saturated heterocycles. The summed E-state index contributed by atoms with van der Waals surface area (Å²) in [5, 5.41) is 38.2. The van der Waals surface area contributed by atoms with Crippen molar-refractivity contribution in [2.24, 2.45) is 0 Å². The third-order valence-corrected chi connectivity index (χ3v) is 4.53. The summed E-state index contributed by atoms with van der Waals surface area (Å²) in [5.41, 5.74) is 0.766. The second kappa shape index (κ2) is 11.0. The lowest BCUT2D eigenvalue weighted by Crippen LogP contribution is -2.27. The molecule has 8 heteroatoms. The monoisotopic (exact) mass is 402 g/mol. The van der Waals surface area contributed by atoms with E-state index in [-0.39, 0.29) is 48.6 Å². The molecule has 0 radical (unpaired) electrons. The average Bonchev–Trinajstić information content (AvgIpc) is 2.72. The molecule has 0 aliphatic rings. The Kier molecular flexibility index (Phi) is 8.77. The first-order chi connectivity index (χ1) is 14.2. The molecule has 0 N–H and O–H groups in total. The molecular weight excluding hydrogens is 380 g/mol. The minimum atomic E-state index is -0.136. The van der Waals surface area contributed by atoms with Crippen molar-refractivity contribution in [3.63, 3.8) is 0 Å². The summed E-state index contributed by atoms with van der Waals surface area (Å²) < 4.78 is 0. The number of benzene rings is 1. The van der Waals surface area contributed by atoms with Gasteiger partial charge >= 0.3 is 0 Å². The summed E-state index contributed by atoms with van der Waals surface area (Å²) in [7, 11) is 6.50. The zero-order chi connectivity index (χ0) is 22.8. The molecule has 0 spiro atoms. The number of nitrogens with zero attached hydrogens (tertiary/aromatic N) is 6. The maximum atomic E-state index is 12.0. The van der Waals surface area contributed by atoms with Crippen LogP contribution in [0, 0.1) is 45.3 Å². The van der Waals surface area contributed by atoms with Gasteiger partial charge < -0.3 is 9.80 Å². The van der Waals surface area contributed by atoms with Crippen molar-refractivity contribution in [2.45, 2.75) is 25.7 Å². The van der Waals surface area contributed by atoms with Crippen LogP contribution in [0.4, 0.5) is 0 Å². The standard InChI is InChI=1S/C22H22N6O2/c1-27(2)21(29)7-5-15-9-20(18(13-25)14-26)16(6-8-22(30)28(3)4)10-19(15)17(11-23)12-24/h9-10H,5-8H2,1-4H3. The van der Waals surface area contributed by atoms with E-state index < -0.39 is 0 Å². The average molecular weight is 402 g/mol. The Morgan fingerprint density at radius 1 is 0.700 bits per heavy atom. The lowest BCUT2D eigenvalue weighted by Gasteiger charge is -2.13. The maximum Gasteiger partial charge on any atom is 0.222 e. The molecule has 0 fully saturated rings. The summed E-state index contributed by atoms with van der Waals surface area (Å²) in [5.74, 6) is -0.271. The van der Waals surface area contributed by atoms with E-state index in [0.29, 0.717) is 21.6 Å². The smallest absolute Gasteiger partial charge is 0.222 e. The van der Waals surface area contributed by atoms with Crippen LogP contribution in [-0.4, -0.2) is 49.8 Å². The Hall–Kier alpha value is -4.14. The summed E-state index contributed by atoms with van der Waals surface area (Å²) in [6.07, 6.45) is 0.730. The molecule has 152 valence electrons. The van der Waals surface area contributed by atoms with Crippen LogP contribution in [0.1, 0.15) is 24.0 Å². The Morgan fingerprint density at radius 2 is 1.00 bits per heavy atom. The number of hydrogen-bond acceptors (Lipinski definition) is 6. The van der Waals surface area contributed by atoms with Gasteiger partial charge in [0.15, 0.2) is 0 Å². The first-order valence-corrected chi connectivity index (χ1v) is 9.11. The number of hydrogen-bond donors (Lipinski definition) is 0. The zero-order valence-corrected chi connectivity index (χ0v) is 17.5. The topological polar surface area (TPSA) is 136 Å². The Morgan fingerprint density at radius 3 is 1.23 bits per heavy atom. The van der Waals surface area contributed by atoms with Crippen LogP contribution >= 0.6 is 0 Å². The van der Waals surface area contributed by atoms with E-state index in [2.05, 4.69) is 0 Å². The van der Waals surface area contributed by atoms with Gasteiger partial charge in [-0.25, -0.2) is 0 Å². The van der Waals surface area contributed by atoms with Gasteiger partial charge in [0.25, 0.3) is 0 Å². The molecular formula is C22H22N6O2. The van der Waals surface area contributed by atoms with Gasteiger partial charge in [0.05, 0.1) is 0 Å². The molecule has 0 aliphatic carbocycles. The molecule has 0 aliphatic heterocycles. The lowest BCUT2D eigenvalue weighted by molar-refractivity contribution is -0.129.